The zero-order valence-electron chi connectivity index (χ0n) is 9.07. The molecule has 2 heterocycles. The number of furan rings is 1. The van der Waals surface area contributed by atoms with E-state index >= 15 is 0 Å². The van der Waals surface area contributed by atoms with Gasteiger partial charge in [0.2, 0.25) is 16.1 Å². The molecule has 100 valence electrons. The van der Waals surface area contributed by atoms with Gasteiger partial charge in [-0.25, -0.2) is 9.78 Å². The number of nitrogens with zero attached hydrogens (tertiary/aromatic N) is 2. The average Bonchev–Trinajstić information content (AvgIpc) is 2.78. The molecule has 0 spiro atoms. The molecule has 0 saturated heterocycles. The maximum atomic E-state index is 11.8. The zero-order valence-corrected chi connectivity index (χ0v) is 10.6. The Balaban J connectivity index is 2.29. The SMILES string of the molecule is O=C(O)c1ccc(S(=O)(=O)Nc2ccnc(Cl)n2)o1. The van der Waals surface area contributed by atoms with E-state index in [4.69, 9.17) is 16.7 Å². The predicted molar refractivity (Wildman–Crippen MR) is 63.5 cm³/mol. The summed E-state index contributed by atoms with van der Waals surface area (Å²) in [5, 5.41) is 7.97. The van der Waals surface area contributed by atoms with Crippen LogP contribution in [-0.4, -0.2) is 29.5 Å². The number of rotatable bonds is 4. The lowest BCUT2D eigenvalue weighted by Gasteiger charge is -2.04. The number of anilines is 1. The van der Waals surface area contributed by atoms with E-state index in [0.717, 1.165) is 12.1 Å². The number of sulfonamides is 1. The van der Waals surface area contributed by atoms with Crippen LogP contribution >= 0.6 is 11.6 Å². The summed E-state index contributed by atoms with van der Waals surface area (Å²) in [6.07, 6.45) is 1.26. The number of hydrogen-bond donors (Lipinski definition) is 2. The molecule has 0 fully saturated rings. The van der Waals surface area contributed by atoms with Crippen LogP contribution in [0, 0.1) is 0 Å². The molecule has 0 aliphatic heterocycles. The standard InChI is InChI=1S/C9H6ClN3O5S/c10-9-11-4-3-6(12-9)13-19(16,17)7-2-1-5(18-7)8(14)15/h1-4H,(H,14,15)(H,11,12,13). The van der Waals surface area contributed by atoms with Crippen LogP contribution in [0.1, 0.15) is 10.6 Å². The minimum absolute atomic E-state index is 0.0618. The molecule has 0 saturated carbocycles. The molecule has 2 rings (SSSR count). The third-order valence-electron chi connectivity index (χ3n) is 1.92. The van der Waals surface area contributed by atoms with E-state index in [9.17, 15) is 13.2 Å². The summed E-state index contributed by atoms with van der Waals surface area (Å²) >= 11 is 5.51. The van der Waals surface area contributed by atoms with Crippen molar-refractivity contribution in [2.24, 2.45) is 0 Å². The number of carboxylic acids is 1. The van der Waals surface area contributed by atoms with Crippen LogP contribution in [0.3, 0.4) is 0 Å². The molecular formula is C9H6ClN3O5S. The number of aromatic carboxylic acids is 1. The highest BCUT2D eigenvalue weighted by Crippen LogP contribution is 2.17. The Labute approximate surface area is 112 Å². The van der Waals surface area contributed by atoms with Gasteiger partial charge >= 0.3 is 5.97 Å². The molecule has 2 aromatic heterocycles. The fourth-order valence-electron chi connectivity index (χ4n) is 1.16. The van der Waals surface area contributed by atoms with Crippen molar-refractivity contribution in [3.8, 4) is 0 Å². The van der Waals surface area contributed by atoms with Crippen molar-refractivity contribution in [3.05, 3.63) is 35.4 Å². The molecule has 0 bridgehead atoms. The highest BCUT2D eigenvalue weighted by molar-refractivity contribution is 7.92. The Morgan fingerprint density at radius 1 is 1.37 bits per heavy atom. The Morgan fingerprint density at radius 3 is 2.68 bits per heavy atom. The van der Waals surface area contributed by atoms with Gasteiger partial charge in [-0.1, -0.05) is 0 Å². The summed E-state index contributed by atoms with van der Waals surface area (Å²) in [7, 11) is -4.07. The number of aromatic nitrogens is 2. The molecule has 10 heteroatoms. The number of halogens is 1. The van der Waals surface area contributed by atoms with E-state index < -0.39 is 26.8 Å². The monoisotopic (exact) mass is 303 g/mol. The molecule has 0 aromatic carbocycles. The van der Waals surface area contributed by atoms with Gasteiger partial charge in [-0.2, -0.15) is 13.4 Å². The molecule has 2 aromatic rings. The van der Waals surface area contributed by atoms with E-state index in [1.165, 1.54) is 12.3 Å². The van der Waals surface area contributed by atoms with Crippen molar-refractivity contribution < 1.29 is 22.7 Å². The lowest BCUT2D eigenvalue weighted by atomic mass is 10.5. The lowest BCUT2D eigenvalue weighted by Crippen LogP contribution is -2.13. The van der Waals surface area contributed by atoms with Crippen LogP contribution in [-0.2, 0) is 10.0 Å². The summed E-state index contributed by atoms with van der Waals surface area (Å²) in [6.45, 7) is 0. The Morgan fingerprint density at radius 2 is 2.11 bits per heavy atom. The van der Waals surface area contributed by atoms with Crippen molar-refractivity contribution in [1.82, 2.24) is 9.97 Å². The Hall–Kier alpha value is -2.13. The van der Waals surface area contributed by atoms with E-state index in [1.54, 1.807) is 0 Å². The van der Waals surface area contributed by atoms with Crippen molar-refractivity contribution in [2.75, 3.05) is 4.72 Å². The van der Waals surface area contributed by atoms with Crippen LogP contribution in [0.4, 0.5) is 5.82 Å². The summed E-state index contributed by atoms with van der Waals surface area (Å²) < 4.78 is 30.5. The lowest BCUT2D eigenvalue weighted by molar-refractivity contribution is 0.0656. The van der Waals surface area contributed by atoms with Crippen LogP contribution in [0.2, 0.25) is 5.28 Å². The van der Waals surface area contributed by atoms with Crippen LogP contribution < -0.4 is 4.72 Å². The number of hydrogen-bond acceptors (Lipinski definition) is 6. The van der Waals surface area contributed by atoms with Gasteiger partial charge in [-0.05, 0) is 29.8 Å². The molecule has 0 radical (unpaired) electrons. The van der Waals surface area contributed by atoms with Crippen LogP contribution in [0.25, 0.3) is 0 Å². The predicted octanol–water partition coefficient (Wildman–Crippen LogP) is 1.22. The third-order valence-corrected chi connectivity index (χ3v) is 3.33. The van der Waals surface area contributed by atoms with Gasteiger partial charge in [0.1, 0.15) is 5.82 Å². The van der Waals surface area contributed by atoms with Gasteiger partial charge in [0.05, 0.1) is 0 Å². The molecule has 19 heavy (non-hydrogen) atoms. The maximum absolute atomic E-state index is 11.8. The summed E-state index contributed by atoms with van der Waals surface area (Å²) in [5.74, 6) is -1.92. The zero-order chi connectivity index (χ0) is 14.0. The molecule has 2 N–H and O–H groups in total. The van der Waals surface area contributed by atoms with Crippen molar-refractivity contribution in [1.29, 1.82) is 0 Å². The Bertz CT molecular complexity index is 727. The van der Waals surface area contributed by atoms with Gasteiger partial charge < -0.3 is 9.52 Å². The second-order valence-corrected chi connectivity index (χ2v) is 5.19. The average molecular weight is 304 g/mol. The quantitative estimate of drug-likeness (QED) is 0.814. The topological polar surface area (TPSA) is 122 Å². The van der Waals surface area contributed by atoms with E-state index in [2.05, 4.69) is 19.1 Å². The first-order valence-electron chi connectivity index (χ1n) is 4.73. The maximum Gasteiger partial charge on any atom is 0.371 e. The smallest absolute Gasteiger partial charge is 0.371 e. The highest BCUT2D eigenvalue weighted by Gasteiger charge is 2.21. The van der Waals surface area contributed by atoms with E-state index in [0.29, 0.717) is 0 Å². The number of carboxylic acid groups (broad SMARTS) is 1. The van der Waals surface area contributed by atoms with Gasteiger partial charge in [-0.3, -0.25) is 4.72 Å². The van der Waals surface area contributed by atoms with Crippen molar-refractivity contribution >= 4 is 33.4 Å². The van der Waals surface area contributed by atoms with E-state index in [-0.39, 0.29) is 11.1 Å². The molecule has 0 aliphatic carbocycles. The second kappa shape index (κ2) is 4.86. The first-order chi connectivity index (χ1) is 8.88. The Kier molecular flexibility index (Phi) is 3.40. The number of carbonyl (C=O) groups is 1. The fourth-order valence-corrected chi connectivity index (χ4v) is 2.24. The minimum atomic E-state index is -4.07. The first-order valence-corrected chi connectivity index (χ1v) is 6.59. The molecular weight excluding hydrogens is 298 g/mol. The fraction of sp³-hybridized carbons (Fsp3) is 0. The van der Waals surface area contributed by atoms with E-state index in [1.807, 2.05) is 0 Å². The molecule has 0 atom stereocenters. The minimum Gasteiger partial charge on any atom is -0.475 e. The van der Waals surface area contributed by atoms with Crippen molar-refractivity contribution in [2.45, 2.75) is 5.09 Å². The summed E-state index contributed by atoms with van der Waals surface area (Å²) in [5.41, 5.74) is 0. The first kappa shape index (κ1) is 13.3. The summed E-state index contributed by atoms with van der Waals surface area (Å²) in [6, 6.07) is 3.34. The van der Waals surface area contributed by atoms with Crippen LogP contribution in [0.15, 0.2) is 33.9 Å². The molecule has 8 nitrogen and oxygen atoms in total. The van der Waals surface area contributed by atoms with Gasteiger partial charge in [0.25, 0.3) is 10.0 Å². The van der Waals surface area contributed by atoms with Gasteiger partial charge in [0, 0.05) is 6.20 Å². The normalized spacial score (nSPS) is 11.2. The van der Waals surface area contributed by atoms with Gasteiger partial charge in [0.15, 0.2) is 0 Å². The molecule has 0 amide bonds. The third kappa shape index (κ3) is 3.01. The number of nitrogens with one attached hydrogen (secondary N) is 1. The second-order valence-electron chi connectivity index (χ2n) is 3.24. The highest BCUT2D eigenvalue weighted by atomic mass is 35.5. The largest absolute Gasteiger partial charge is 0.475 e. The molecule has 0 unspecified atom stereocenters. The van der Waals surface area contributed by atoms with Gasteiger partial charge in [-0.15, -0.1) is 0 Å². The van der Waals surface area contributed by atoms with Crippen molar-refractivity contribution in [3.63, 3.8) is 0 Å². The molecule has 0 aliphatic rings. The summed E-state index contributed by atoms with van der Waals surface area (Å²) in [4.78, 5) is 17.8. The van der Waals surface area contributed by atoms with Crippen LogP contribution in [0.5, 0.6) is 0 Å².